The van der Waals surface area contributed by atoms with Gasteiger partial charge in [-0.3, -0.25) is 9.48 Å². The van der Waals surface area contributed by atoms with Crippen LogP contribution in [0.1, 0.15) is 23.9 Å². The first-order valence-electron chi connectivity index (χ1n) is 9.88. The Kier molecular flexibility index (Phi) is 5.37. The van der Waals surface area contributed by atoms with E-state index >= 15 is 0 Å². The number of nitrogens with one attached hydrogen (secondary N) is 1. The average Bonchev–Trinajstić information content (AvgIpc) is 3.15. The van der Waals surface area contributed by atoms with Gasteiger partial charge in [-0.25, -0.2) is 5.10 Å². The predicted octanol–water partition coefficient (Wildman–Crippen LogP) is 4.09. The monoisotopic (exact) mass is 411 g/mol. The van der Waals surface area contributed by atoms with E-state index in [-0.39, 0.29) is 5.56 Å². The van der Waals surface area contributed by atoms with Gasteiger partial charge in [0.2, 0.25) is 0 Å². The Morgan fingerprint density at radius 3 is 2.71 bits per heavy atom. The molecule has 2 aromatic carbocycles. The van der Waals surface area contributed by atoms with Crippen molar-refractivity contribution in [2.75, 3.05) is 6.61 Å². The van der Waals surface area contributed by atoms with E-state index in [2.05, 4.69) is 21.4 Å². The van der Waals surface area contributed by atoms with Crippen LogP contribution >= 0.6 is 0 Å². The minimum Gasteiger partial charge on any atom is -0.494 e. The van der Waals surface area contributed by atoms with Crippen LogP contribution in [0.15, 0.2) is 53.5 Å². The van der Waals surface area contributed by atoms with Gasteiger partial charge in [0.25, 0.3) is 5.56 Å². The Morgan fingerprint density at radius 2 is 2.00 bits per heavy atom. The maximum Gasteiger partial charge on any atom is 0.272 e. The van der Waals surface area contributed by atoms with Gasteiger partial charge < -0.3 is 4.74 Å². The van der Waals surface area contributed by atoms with Crippen LogP contribution in [0.2, 0.25) is 0 Å². The van der Waals surface area contributed by atoms with Crippen molar-refractivity contribution >= 4 is 22.4 Å². The molecule has 154 valence electrons. The van der Waals surface area contributed by atoms with Crippen molar-refractivity contribution in [3.05, 3.63) is 76.0 Å². The largest absolute Gasteiger partial charge is 0.494 e. The maximum absolute atomic E-state index is 12.1. The minimum absolute atomic E-state index is 0.222. The van der Waals surface area contributed by atoms with Gasteiger partial charge in [-0.05, 0) is 67.4 Å². The van der Waals surface area contributed by atoms with Gasteiger partial charge >= 0.3 is 0 Å². The van der Waals surface area contributed by atoms with Gasteiger partial charge in [0, 0.05) is 18.0 Å². The summed E-state index contributed by atoms with van der Waals surface area (Å²) in [6.45, 7) is 4.37. The molecule has 0 aliphatic rings. The van der Waals surface area contributed by atoms with Crippen LogP contribution in [-0.2, 0) is 7.05 Å². The van der Waals surface area contributed by atoms with Crippen molar-refractivity contribution in [2.45, 2.75) is 13.8 Å². The van der Waals surface area contributed by atoms with E-state index in [0.29, 0.717) is 17.6 Å². The third-order valence-electron chi connectivity index (χ3n) is 5.15. The summed E-state index contributed by atoms with van der Waals surface area (Å²) in [6.07, 6.45) is 3.58. The molecule has 0 radical (unpaired) electrons. The van der Waals surface area contributed by atoms with Crippen molar-refractivity contribution in [1.82, 2.24) is 20.0 Å². The summed E-state index contributed by atoms with van der Waals surface area (Å²) in [7, 11) is 1.83. The standard InChI is InChI=1S/C24H21N5O2/c1-4-31-19-8-5-16(6-9-19)18(13-25)12-23-22(14-26-29(23)3)17-7-10-20-21(11-17)15(2)27-28-24(20)30/h5-12,14H,4H2,1-3H3,(H,28,30). The van der Waals surface area contributed by atoms with E-state index in [1.165, 1.54) is 0 Å². The van der Waals surface area contributed by atoms with Crippen molar-refractivity contribution in [3.8, 4) is 22.9 Å². The number of allylic oxidation sites excluding steroid dienone is 1. The molecule has 0 saturated carbocycles. The third kappa shape index (κ3) is 3.83. The average molecular weight is 411 g/mol. The number of nitrogens with zero attached hydrogens (tertiary/aromatic N) is 4. The molecule has 0 fully saturated rings. The summed E-state index contributed by atoms with van der Waals surface area (Å²) >= 11 is 0. The van der Waals surface area contributed by atoms with Crippen LogP contribution in [0.25, 0.3) is 33.5 Å². The van der Waals surface area contributed by atoms with E-state index in [0.717, 1.165) is 39.2 Å². The molecule has 0 spiro atoms. The van der Waals surface area contributed by atoms with Gasteiger partial charge in [-0.15, -0.1) is 0 Å². The minimum atomic E-state index is -0.222. The molecular weight excluding hydrogens is 390 g/mol. The fourth-order valence-electron chi connectivity index (χ4n) is 3.52. The summed E-state index contributed by atoms with van der Waals surface area (Å²) in [5.41, 5.74) is 4.38. The highest BCUT2D eigenvalue weighted by molar-refractivity contribution is 5.94. The van der Waals surface area contributed by atoms with E-state index in [9.17, 15) is 10.1 Å². The van der Waals surface area contributed by atoms with Gasteiger partial charge in [0.15, 0.2) is 0 Å². The zero-order chi connectivity index (χ0) is 22.0. The Bertz CT molecular complexity index is 1390. The number of ether oxygens (including phenoxy) is 1. The van der Waals surface area contributed by atoms with Crippen LogP contribution in [0.4, 0.5) is 0 Å². The van der Waals surface area contributed by atoms with Crippen LogP contribution in [0.3, 0.4) is 0 Å². The second-order valence-electron chi connectivity index (χ2n) is 7.09. The van der Waals surface area contributed by atoms with Gasteiger partial charge in [0.05, 0.1) is 41.2 Å². The normalized spacial score (nSPS) is 11.5. The fourth-order valence-corrected chi connectivity index (χ4v) is 3.52. The van der Waals surface area contributed by atoms with Crippen LogP contribution < -0.4 is 10.3 Å². The number of rotatable bonds is 5. The molecule has 0 atom stereocenters. The zero-order valence-electron chi connectivity index (χ0n) is 17.5. The number of aryl methyl sites for hydroxylation is 2. The van der Waals surface area contributed by atoms with Crippen molar-refractivity contribution in [2.24, 2.45) is 7.05 Å². The number of H-pyrrole nitrogens is 1. The number of aromatic amines is 1. The molecule has 0 bridgehead atoms. The highest BCUT2D eigenvalue weighted by Gasteiger charge is 2.13. The summed E-state index contributed by atoms with van der Waals surface area (Å²) in [4.78, 5) is 12.1. The lowest BCUT2D eigenvalue weighted by atomic mass is 9.99. The first-order chi connectivity index (χ1) is 15.0. The van der Waals surface area contributed by atoms with Crippen molar-refractivity contribution in [1.29, 1.82) is 5.26 Å². The number of fused-ring (bicyclic) bond motifs is 1. The second kappa shape index (κ2) is 8.28. The van der Waals surface area contributed by atoms with Crippen LogP contribution in [0.5, 0.6) is 5.75 Å². The molecule has 7 heteroatoms. The molecule has 0 aliphatic heterocycles. The Morgan fingerprint density at radius 1 is 1.23 bits per heavy atom. The molecule has 1 N–H and O–H groups in total. The smallest absolute Gasteiger partial charge is 0.272 e. The molecule has 7 nitrogen and oxygen atoms in total. The number of hydrogen-bond donors (Lipinski definition) is 1. The molecule has 0 saturated heterocycles. The maximum atomic E-state index is 12.1. The van der Waals surface area contributed by atoms with Gasteiger partial charge in [0.1, 0.15) is 5.75 Å². The molecule has 4 rings (SSSR count). The first kappa shape index (κ1) is 20.1. The lowest BCUT2D eigenvalue weighted by molar-refractivity contribution is 0.340. The Hall–Kier alpha value is -4.18. The summed E-state index contributed by atoms with van der Waals surface area (Å²) in [6, 6.07) is 15.3. The highest BCUT2D eigenvalue weighted by Crippen LogP contribution is 2.30. The number of hydrogen-bond acceptors (Lipinski definition) is 5. The molecular formula is C24H21N5O2. The fraction of sp³-hybridized carbons (Fsp3) is 0.167. The molecule has 0 unspecified atom stereocenters. The summed E-state index contributed by atoms with van der Waals surface area (Å²) < 4.78 is 7.21. The van der Waals surface area contributed by atoms with Crippen LogP contribution in [0, 0.1) is 18.3 Å². The highest BCUT2D eigenvalue weighted by atomic mass is 16.5. The van der Waals surface area contributed by atoms with E-state index in [4.69, 9.17) is 4.74 Å². The predicted molar refractivity (Wildman–Crippen MR) is 120 cm³/mol. The summed E-state index contributed by atoms with van der Waals surface area (Å²) in [5.74, 6) is 0.764. The van der Waals surface area contributed by atoms with Gasteiger partial charge in [-0.2, -0.15) is 15.5 Å². The molecule has 4 aromatic rings. The van der Waals surface area contributed by atoms with E-state index < -0.39 is 0 Å². The first-order valence-corrected chi connectivity index (χ1v) is 9.88. The Labute approximate surface area is 179 Å². The second-order valence-corrected chi connectivity index (χ2v) is 7.09. The lowest BCUT2D eigenvalue weighted by Gasteiger charge is -2.07. The SMILES string of the molecule is CCOc1ccc(C(C#N)=Cc2c(-c3ccc4c(=O)[nH]nc(C)c4c3)cnn2C)cc1. The van der Waals surface area contributed by atoms with E-state index in [1.807, 2.05) is 63.4 Å². The molecule has 31 heavy (non-hydrogen) atoms. The molecule has 2 heterocycles. The Balaban J connectivity index is 1.80. The lowest BCUT2D eigenvalue weighted by Crippen LogP contribution is -2.09. The molecule has 0 aliphatic carbocycles. The number of benzene rings is 2. The number of nitriles is 1. The van der Waals surface area contributed by atoms with Crippen LogP contribution in [-0.4, -0.2) is 26.6 Å². The quantitative estimate of drug-likeness (QED) is 0.499. The molecule has 0 amide bonds. The summed E-state index contributed by atoms with van der Waals surface area (Å²) in [5, 5.41) is 22.1. The van der Waals surface area contributed by atoms with Gasteiger partial charge in [-0.1, -0.05) is 6.07 Å². The number of aromatic nitrogens is 4. The third-order valence-corrected chi connectivity index (χ3v) is 5.15. The zero-order valence-corrected chi connectivity index (χ0v) is 17.5. The van der Waals surface area contributed by atoms with Crippen molar-refractivity contribution in [3.63, 3.8) is 0 Å². The topological polar surface area (TPSA) is 96.6 Å². The van der Waals surface area contributed by atoms with E-state index in [1.54, 1.807) is 16.9 Å². The van der Waals surface area contributed by atoms with Crippen molar-refractivity contribution < 1.29 is 4.74 Å². The molecule has 2 aromatic heterocycles.